The second-order valence-electron chi connectivity index (χ2n) is 4.80. The van der Waals surface area contributed by atoms with Gasteiger partial charge in [0.25, 0.3) is 0 Å². The monoisotopic (exact) mass is 368 g/mol. The van der Waals surface area contributed by atoms with Crippen LogP contribution in [0.2, 0.25) is 5.28 Å². The van der Waals surface area contributed by atoms with Gasteiger partial charge in [-0.05, 0) is 42.1 Å². The molecular weight excluding hydrogens is 356 g/mol. The van der Waals surface area contributed by atoms with Crippen molar-refractivity contribution in [1.29, 1.82) is 0 Å². The highest BCUT2D eigenvalue weighted by Gasteiger charge is 2.17. The van der Waals surface area contributed by atoms with Gasteiger partial charge in [-0.1, -0.05) is 28.1 Å². The summed E-state index contributed by atoms with van der Waals surface area (Å²) in [5.74, 6) is 0.596. The summed E-state index contributed by atoms with van der Waals surface area (Å²) in [4.78, 5) is 14.6. The first-order valence-corrected chi connectivity index (χ1v) is 7.91. The molecular formula is C14H14BrClN4O. The largest absolute Gasteiger partial charge is 0.458 e. The SMILES string of the molecule is Clc1nc(OCc2ccc(Br)cc2)nc(N2CCCC2)n1. The van der Waals surface area contributed by atoms with Crippen LogP contribution in [0.3, 0.4) is 0 Å². The van der Waals surface area contributed by atoms with Gasteiger partial charge < -0.3 is 9.64 Å². The van der Waals surface area contributed by atoms with Crippen molar-refractivity contribution in [2.75, 3.05) is 18.0 Å². The highest BCUT2D eigenvalue weighted by Crippen LogP contribution is 2.20. The number of ether oxygens (including phenoxy) is 1. The van der Waals surface area contributed by atoms with E-state index >= 15 is 0 Å². The van der Waals surface area contributed by atoms with Crippen LogP contribution in [-0.2, 0) is 6.61 Å². The summed E-state index contributed by atoms with van der Waals surface area (Å²) in [7, 11) is 0. The number of aromatic nitrogens is 3. The molecule has 0 bridgehead atoms. The van der Waals surface area contributed by atoms with Gasteiger partial charge in [0.2, 0.25) is 11.2 Å². The van der Waals surface area contributed by atoms with Crippen molar-refractivity contribution >= 4 is 33.5 Å². The molecule has 0 unspecified atom stereocenters. The second-order valence-corrected chi connectivity index (χ2v) is 6.05. The van der Waals surface area contributed by atoms with Gasteiger partial charge in [-0.15, -0.1) is 0 Å². The van der Waals surface area contributed by atoms with Gasteiger partial charge in [0.15, 0.2) is 0 Å². The van der Waals surface area contributed by atoms with Crippen LogP contribution in [0, 0.1) is 0 Å². The van der Waals surface area contributed by atoms with E-state index in [2.05, 4.69) is 35.8 Å². The van der Waals surface area contributed by atoms with Crippen LogP contribution in [0.15, 0.2) is 28.7 Å². The molecule has 5 nitrogen and oxygen atoms in total. The fraction of sp³-hybridized carbons (Fsp3) is 0.357. The van der Waals surface area contributed by atoms with Crippen LogP contribution < -0.4 is 9.64 Å². The lowest BCUT2D eigenvalue weighted by Gasteiger charge is -2.15. The molecule has 0 radical (unpaired) electrons. The Bertz CT molecular complexity index is 617. The lowest BCUT2D eigenvalue weighted by Crippen LogP contribution is -2.21. The average Bonchev–Trinajstić information content (AvgIpc) is 3.00. The van der Waals surface area contributed by atoms with Gasteiger partial charge in [-0.25, -0.2) is 0 Å². The van der Waals surface area contributed by atoms with Crippen molar-refractivity contribution in [1.82, 2.24) is 15.0 Å². The Morgan fingerprint density at radius 1 is 1.10 bits per heavy atom. The quantitative estimate of drug-likeness (QED) is 0.826. The molecule has 1 saturated heterocycles. The van der Waals surface area contributed by atoms with Crippen LogP contribution in [0.4, 0.5) is 5.95 Å². The first-order valence-electron chi connectivity index (χ1n) is 6.74. The van der Waals surface area contributed by atoms with Gasteiger partial charge >= 0.3 is 6.01 Å². The predicted octanol–water partition coefficient (Wildman–Crippen LogP) is 3.47. The summed E-state index contributed by atoms with van der Waals surface area (Å²) < 4.78 is 6.66. The summed E-state index contributed by atoms with van der Waals surface area (Å²) >= 11 is 9.36. The number of rotatable bonds is 4. The highest BCUT2D eigenvalue weighted by atomic mass is 79.9. The number of anilines is 1. The number of benzene rings is 1. The molecule has 2 heterocycles. The third kappa shape index (κ3) is 3.83. The molecule has 1 aromatic carbocycles. The van der Waals surface area contributed by atoms with Gasteiger partial charge in [-0.3, -0.25) is 0 Å². The minimum atomic E-state index is 0.165. The summed E-state index contributed by atoms with van der Waals surface area (Å²) in [5, 5.41) is 0.165. The summed E-state index contributed by atoms with van der Waals surface area (Å²) in [5.41, 5.74) is 1.04. The first-order chi connectivity index (χ1) is 10.2. The Morgan fingerprint density at radius 3 is 2.52 bits per heavy atom. The Kier molecular flexibility index (Phi) is 4.55. The highest BCUT2D eigenvalue weighted by molar-refractivity contribution is 9.10. The van der Waals surface area contributed by atoms with Crippen molar-refractivity contribution in [3.05, 3.63) is 39.6 Å². The molecule has 0 aliphatic carbocycles. The molecule has 21 heavy (non-hydrogen) atoms. The Balaban J connectivity index is 1.71. The van der Waals surface area contributed by atoms with E-state index in [1.807, 2.05) is 24.3 Å². The molecule has 0 N–H and O–H groups in total. The second kappa shape index (κ2) is 6.58. The van der Waals surface area contributed by atoms with Gasteiger partial charge in [0, 0.05) is 17.6 Å². The number of hydrogen-bond acceptors (Lipinski definition) is 5. The van der Waals surface area contributed by atoms with Crippen LogP contribution in [0.1, 0.15) is 18.4 Å². The van der Waals surface area contributed by atoms with E-state index in [1.54, 1.807) is 0 Å². The van der Waals surface area contributed by atoms with Crippen molar-refractivity contribution in [3.8, 4) is 6.01 Å². The first kappa shape index (κ1) is 14.5. The fourth-order valence-electron chi connectivity index (χ4n) is 2.17. The summed E-state index contributed by atoms with van der Waals surface area (Å²) in [6.07, 6.45) is 2.30. The molecule has 1 aromatic heterocycles. The van der Waals surface area contributed by atoms with E-state index in [0.717, 1.165) is 36.0 Å². The summed E-state index contributed by atoms with van der Waals surface area (Å²) in [6, 6.07) is 8.16. The van der Waals surface area contributed by atoms with E-state index < -0.39 is 0 Å². The molecule has 0 amide bonds. The number of hydrogen-bond donors (Lipinski definition) is 0. The van der Waals surface area contributed by atoms with Crippen LogP contribution >= 0.6 is 27.5 Å². The van der Waals surface area contributed by atoms with Crippen molar-refractivity contribution < 1.29 is 4.74 Å². The molecule has 1 aliphatic rings. The van der Waals surface area contributed by atoms with Crippen LogP contribution in [-0.4, -0.2) is 28.0 Å². The molecule has 3 rings (SSSR count). The predicted molar refractivity (Wildman–Crippen MR) is 84.8 cm³/mol. The molecule has 1 aliphatic heterocycles. The topological polar surface area (TPSA) is 51.1 Å². The lowest BCUT2D eigenvalue weighted by atomic mass is 10.2. The normalized spacial score (nSPS) is 14.5. The Labute approximate surface area is 136 Å². The molecule has 0 spiro atoms. The van der Waals surface area contributed by atoms with Crippen molar-refractivity contribution in [2.45, 2.75) is 19.4 Å². The maximum absolute atomic E-state index is 5.96. The zero-order valence-electron chi connectivity index (χ0n) is 11.3. The minimum Gasteiger partial charge on any atom is -0.458 e. The van der Waals surface area contributed by atoms with Gasteiger partial charge in [0.1, 0.15) is 6.61 Å². The van der Waals surface area contributed by atoms with E-state index in [4.69, 9.17) is 16.3 Å². The van der Waals surface area contributed by atoms with E-state index in [0.29, 0.717) is 12.6 Å². The van der Waals surface area contributed by atoms with E-state index in [9.17, 15) is 0 Å². The smallest absolute Gasteiger partial charge is 0.322 e. The number of halogens is 2. The molecule has 1 fully saturated rings. The third-order valence-electron chi connectivity index (χ3n) is 3.25. The number of nitrogens with zero attached hydrogens (tertiary/aromatic N) is 4. The maximum Gasteiger partial charge on any atom is 0.322 e. The maximum atomic E-state index is 5.96. The van der Waals surface area contributed by atoms with Gasteiger partial charge in [0.05, 0.1) is 0 Å². The zero-order valence-corrected chi connectivity index (χ0v) is 13.6. The fourth-order valence-corrected chi connectivity index (χ4v) is 2.59. The van der Waals surface area contributed by atoms with Crippen molar-refractivity contribution in [2.24, 2.45) is 0 Å². The third-order valence-corrected chi connectivity index (χ3v) is 3.94. The molecule has 0 atom stereocenters. The Hall–Kier alpha value is -1.40. The zero-order chi connectivity index (χ0) is 14.7. The Morgan fingerprint density at radius 2 is 1.81 bits per heavy atom. The lowest BCUT2D eigenvalue weighted by molar-refractivity contribution is 0.280. The molecule has 7 heteroatoms. The summed E-state index contributed by atoms with van der Waals surface area (Å²) in [6.45, 7) is 2.30. The molecule has 0 saturated carbocycles. The van der Waals surface area contributed by atoms with Crippen LogP contribution in [0.25, 0.3) is 0 Å². The molecule has 110 valence electrons. The van der Waals surface area contributed by atoms with Gasteiger partial charge in [-0.2, -0.15) is 15.0 Å². The average molecular weight is 370 g/mol. The van der Waals surface area contributed by atoms with E-state index in [1.165, 1.54) is 0 Å². The molecule has 2 aromatic rings. The van der Waals surface area contributed by atoms with Crippen molar-refractivity contribution in [3.63, 3.8) is 0 Å². The van der Waals surface area contributed by atoms with Crippen LogP contribution in [0.5, 0.6) is 6.01 Å². The standard InChI is InChI=1S/C14H14BrClN4O/c15-11-5-3-10(4-6-11)9-21-14-18-12(16)17-13(19-14)20-7-1-2-8-20/h3-6H,1-2,7-9H2. The minimum absolute atomic E-state index is 0.165. The van der Waals surface area contributed by atoms with E-state index in [-0.39, 0.29) is 11.3 Å².